The number of phosphoric acid groups is 1. The highest BCUT2D eigenvalue weighted by molar-refractivity contribution is 7.47. The number of hydrogen-bond donors (Lipinski definition) is 1. The molecule has 0 bridgehead atoms. The molecule has 9 nitrogen and oxygen atoms in total. The van der Waals surface area contributed by atoms with Crippen LogP contribution < -0.4 is 0 Å². The van der Waals surface area contributed by atoms with E-state index in [-0.39, 0.29) is 32.0 Å². The van der Waals surface area contributed by atoms with Gasteiger partial charge in [0, 0.05) is 12.8 Å². The molecule has 0 rings (SSSR count). The molecule has 0 aliphatic heterocycles. The van der Waals surface area contributed by atoms with Crippen LogP contribution in [0, 0.1) is 0 Å². The van der Waals surface area contributed by atoms with Crippen molar-refractivity contribution in [3.63, 3.8) is 0 Å². The number of nitrogens with zero attached hydrogens (tertiary/aromatic N) is 1. The maximum atomic E-state index is 12.8. The molecule has 2 unspecified atom stereocenters. The topological polar surface area (TPSA) is 108 Å². The van der Waals surface area contributed by atoms with Crippen LogP contribution in [0.1, 0.15) is 284 Å². The second-order valence-corrected chi connectivity index (χ2v) is 23.5. The van der Waals surface area contributed by atoms with Crippen LogP contribution in [0.25, 0.3) is 0 Å². The number of quaternary nitrogens is 1. The number of carbonyl (C=O) groups is 2. The van der Waals surface area contributed by atoms with Crippen LogP contribution in [0.4, 0.5) is 0 Å². The van der Waals surface area contributed by atoms with E-state index in [1.807, 2.05) is 21.1 Å². The van der Waals surface area contributed by atoms with Gasteiger partial charge in [-0.3, -0.25) is 18.6 Å². The van der Waals surface area contributed by atoms with Gasteiger partial charge in [-0.05, 0) is 83.5 Å². The standard InChI is InChI=1S/C64H118NO8P/c1-6-8-10-12-14-16-18-20-22-24-26-28-29-30-31-32-33-34-35-37-38-40-42-44-46-48-50-52-54-56-63(66)70-60-62(61-72-74(68,69)71-59-58-65(3,4)5)73-64(67)57-55-53-51-49-47-45-43-41-39-36-27-25-23-21-19-17-15-13-11-9-7-2/h18-21,24-27,39,41,62H,6-17,22-23,28-38,40,42-61H2,1-5H3/p+1/b20-18-,21-19-,26-24-,27-25-,41-39-. The molecule has 0 aromatic rings. The summed E-state index contributed by atoms with van der Waals surface area (Å²) in [6, 6.07) is 0. The zero-order valence-electron chi connectivity index (χ0n) is 49.1. The first kappa shape index (κ1) is 71.7. The fraction of sp³-hybridized carbons (Fsp3) is 0.812. The fourth-order valence-corrected chi connectivity index (χ4v) is 9.44. The summed E-state index contributed by atoms with van der Waals surface area (Å²) in [6.07, 6.45) is 71.5. The van der Waals surface area contributed by atoms with E-state index in [0.29, 0.717) is 17.4 Å². The molecule has 0 fully saturated rings. The molecule has 0 aromatic heterocycles. The summed E-state index contributed by atoms with van der Waals surface area (Å²) in [7, 11) is 1.47. The van der Waals surface area contributed by atoms with Crippen LogP contribution in [0.3, 0.4) is 0 Å². The predicted octanol–water partition coefficient (Wildman–Crippen LogP) is 19.5. The van der Waals surface area contributed by atoms with Crippen molar-refractivity contribution in [2.45, 2.75) is 290 Å². The van der Waals surface area contributed by atoms with Gasteiger partial charge in [0.15, 0.2) is 6.10 Å². The number of phosphoric ester groups is 1. The molecule has 10 heteroatoms. The van der Waals surface area contributed by atoms with E-state index in [2.05, 4.69) is 74.6 Å². The van der Waals surface area contributed by atoms with Gasteiger partial charge in [-0.15, -0.1) is 0 Å². The lowest BCUT2D eigenvalue weighted by molar-refractivity contribution is -0.870. The Labute approximate surface area is 457 Å². The fourth-order valence-electron chi connectivity index (χ4n) is 8.70. The largest absolute Gasteiger partial charge is 0.472 e. The molecule has 74 heavy (non-hydrogen) atoms. The number of hydrogen-bond acceptors (Lipinski definition) is 7. The number of unbranched alkanes of at least 4 members (excludes halogenated alkanes) is 33. The van der Waals surface area contributed by atoms with Gasteiger partial charge in [0.05, 0.1) is 27.7 Å². The molecule has 0 saturated heterocycles. The molecule has 0 aliphatic carbocycles. The second-order valence-electron chi connectivity index (χ2n) is 22.1. The summed E-state index contributed by atoms with van der Waals surface area (Å²) < 4.78 is 34.6. The maximum absolute atomic E-state index is 12.8. The molecular weight excluding hydrogens is 942 g/mol. The SMILES string of the molecule is CCCCCCC/C=C\C/C=C\C/C=C\CCCCCCCCC(=O)OC(COC(=O)CCCCCCCCCCCCCCCCCCC/C=C\C/C=C\CCCCCCC)COP(=O)(O)OCC[N+](C)(C)C. The lowest BCUT2D eigenvalue weighted by Crippen LogP contribution is -2.37. The van der Waals surface area contributed by atoms with Crippen LogP contribution in [0.15, 0.2) is 60.8 Å². The molecule has 0 radical (unpaired) electrons. The van der Waals surface area contributed by atoms with Gasteiger partial charge in [0.2, 0.25) is 0 Å². The average molecular weight is 1060 g/mol. The van der Waals surface area contributed by atoms with E-state index >= 15 is 0 Å². The third-order valence-corrected chi connectivity index (χ3v) is 14.5. The Balaban J connectivity index is 4.11. The molecule has 0 aromatic carbocycles. The quantitative estimate of drug-likeness (QED) is 0.0211. The van der Waals surface area contributed by atoms with E-state index in [1.54, 1.807) is 0 Å². The lowest BCUT2D eigenvalue weighted by atomic mass is 10.0. The van der Waals surface area contributed by atoms with E-state index in [0.717, 1.165) is 77.0 Å². The van der Waals surface area contributed by atoms with Crippen LogP contribution >= 0.6 is 7.82 Å². The number of likely N-dealkylation sites (N-methyl/N-ethyl adjacent to an activating group) is 1. The minimum absolute atomic E-state index is 0.0280. The minimum Gasteiger partial charge on any atom is -0.462 e. The Kier molecular flexibility index (Phi) is 53.7. The van der Waals surface area contributed by atoms with Gasteiger partial charge in [0.1, 0.15) is 19.8 Å². The van der Waals surface area contributed by atoms with E-state index in [1.165, 1.54) is 173 Å². The molecule has 0 spiro atoms. The smallest absolute Gasteiger partial charge is 0.462 e. The Morgan fingerprint density at radius 2 is 0.730 bits per heavy atom. The molecule has 2 atom stereocenters. The first-order valence-corrected chi connectivity index (χ1v) is 32.5. The molecule has 0 heterocycles. The summed E-state index contributed by atoms with van der Waals surface area (Å²) in [4.78, 5) is 35.7. The van der Waals surface area contributed by atoms with Gasteiger partial charge in [-0.25, -0.2) is 4.57 Å². The average Bonchev–Trinajstić information content (AvgIpc) is 3.36. The normalized spacial score (nSPS) is 13.6. The number of carbonyl (C=O) groups excluding carboxylic acids is 2. The van der Waals surface area contributed by atoms with Gasteiger partial charge < -0.3 is 18.9 Å². The monoisotopic (exact) mass is 1060 g/mol. The maximum Gasteiger partial charge on any atom is 0.472 e. The van der Waals surface area contributed by atoms with Crippen LogP contribution in [-0.2, 0) is 32.7 Å². The Hall–Kier alpha value is -2.29. The van der Waals surface area contributed by atoms with Crippen LogP contribution in [-0.4, -0.2) is 74.9 Å². The van der Waals surface area contributed by atoms with Gasteiger partial charge in [-0.1, -0.05) is 248 Å². The summed E-state index contributed by atoms with van der Waals surface area (Å²) in [5.74, 6) is -0.804. The first-order chi connectivity index (χ1) is 36.0. The number of esters is 2. The Morgan fingerprint density at radius 1 is 0.419 bits per heavy atom. The van der Waals surface area contributed by atoms with E-state index < -0.39 is 26.5 Å². The number of rotatable bonds is 57. The van der Waals surface area contributed by atoms with Gasteiger partial charge in [0.25, 0.3) is 0 Å². The zero-order chi connectivity index (χ0) is 54.2. The highest BCUT2D eigenvalue weighted by Crippen LogP contribution is 2.43. The molecule has 1 N–H and O–H groups in total. The number of allylic oxidation sites excluding steroid dienone is 10. The van der Waals surface area contributed by atoms with Crippen molar-refractivity contribution < 1.29 is 42.1 Å². The van der Waals surface area contributed by atoms with Crippen molar-refractivity contribution in [1.82, 2.24) is 0 Å². The van der Waals surface area contributed by atoms with E-state index in [9.17, 15) is 19.0 Å². The van der Waals surface area contributed by atoms with Crippen molar-refractivity contribution in [2.75, 3.05) is 47.5 Å². The minimum atomic E-state index is -4.39. The third-order valence-electron chi connectivity index (χ3n) is 13.5. The first-order valence-electron chi connectivity index (χ1n) is 31.0. The second kappa shape index (κ2) is 55.5. The van der Waals surface area contributed by atoms with Gasteiger partial charge >= 0.3 is 19.8 Å². The molecule has 0 amide bonds. The highest BCUT2D eigenvalue weighted by atomic mass is 31.2. The molecule has 0 aliphatic rings. The molecule has 432 valence electrons. The zero-order valence-corrected chi connectivity index (χ0v) is 50.0. The van der Waals surface area contributed by atoms with E-state index in [4.69, 9.17) is 18.5 Å². The van der Waals surface area contributed by atoms with Crippen molar-refractivity contribution in [3.05, 3.63) is 60.8 Å². The highest BCUT2D eigenvalue weighted by Gasteiger charge is 2.27. The lowest BCUT2D eigenvalue weighted by Gasteiger charge is -2.24. The Morgan fingerprint density at radius 3 is 1.08 bits per heavy atom. The summed E-state index contributed by atoms with van der Waals surface area (Å²) in [5.41, 5.74) is 0. The van der Waals surface area contributed by atoms with Crippen LogP contribution in [0.5, 0.6) is 0 Å². The Bertz CT molecular complexity index is 1430. The predicted molar refractivity (Wildman–Crippen MR) is 316 cm³/mol. The third kappa shape index (κ3) is 59.0. The van der Waals surface area contributed by atoms with Crippen molar-refractivity contribution >= 4 is 19.8 Å². The molecular formula is C64H119NO8P+. The molecule has 0 saturated carbocycles. The van der Waals surface area contributed by atoms with Crippen molar-refractivity contribution in [1.29, 1.82) is 0 Å². The number of ether oxygens (including phenoxy) is 2. The van der Waals surface area contributed by atoms with Crippen LogP contribution in [0.2, 0.25) is 0 Å². The van der Waals surface area contributed by atoms with Crippen molar-refractivity contribution in [2.24, 2.45) is 0 Å². The summed E-state index contributed by atoms with van der Waals surface area (Å²) in [6.45, 7) is 4.43. The van der Waals surface area contributed by atoms with Crippen molar-refractivity contribution in [3.8, 4) is 0 Å². The summed E-state index contributed by atoms with van der Waals surface area (Å²) >= 11 is 0. The van der Waals surface area contributed by atoms with Gasteiger partial charge in [-0.2, -0.15) is 0 Å². The summed E-state index contributed by atoms with van der Waals surface area (Å²) in [5, 5.41) is 0.